The number of carbonyl (C=O) groups excluding carboxylic acids is 1. The second kappa shape index (κ2) is 6.29. The van der Waals surface area contributed by atoms with Crippen LogP contribution in [0.3, 0.4) is 0 Å². The molecule has 0 saturated carbocycles. The molecule has 0 aliphatic rings. The van der Waals surface area contributed by atoms with Crippen molar-refractivity contribution in [3.8, 4) is 0 Å². The lowest BCUT2D eigenvalue weighted by Gasteiger charge is -2.26. The summed E-state index contributed by atoms with van der Waals surface area (Å²) in [7, 11) is -2.05. The zero-order valence-corrected chi connectivity index (χ0v) is 13.2. The largest absolute Gasteiger partial charge is 0.408 e. The van der Waals surface area contributed by atoms with Gasteiger partial charge in [-0.05, 0) is 19.6 Å². The molecule has 17 heavy (non-hydrogen) atoms. The second-order valence-electron chi connectivity index (χ2n) is 5.89. The van der Waals surface area contributed by atoms with Gasteiger partial charge in [-0.25, -0.2) is 8.78 Å². The maximum atomic E-state index is 12.8. The molecule has 0 saturated heterocycles. The molecular weight excluding hydrogens is 262 g/mol. The zero-order chi connectivity index (χ0) is 13.9. The summed E-state index contributed by atoms with van der Waals surface area (Å²) in [6, 6.07) is 0. The van der Waals surface area contributed by atoms with Crippen molar-refractivity contribution in [3.05, 3.63) is 0 Å². The van der Waals surface area contributed by atoms with Crippen molar-refractivity contribution in [3.63, 3.8) is 0 Å². The number of thioether (sulfide) groups is 1. The molecule has 0 amide bonds. The van der Waals surface area contributed by atoms with Gasteiger partial charge in [-0.1, -0.05) is 32.5 Å². The molecule has 0 aliphatic carbocycles. The minimum atomic E-state index is -2.61. The average molecular weight is 284 g/mol. The SMILES string of the molecule is CC(C)(C)SC(=O)C[C@@H](O[Si](C)(C)C)C(F)F. The maximum Gasteiger partial charge on any atom is 0.263 e. The van der Waals surface area contributed by atoms with Crippen LogP contribution in [0, 0.1) is 0 Å². The molecule has 0 fully saturated rings. The number of halogens is 2. The normalized spacial score (nSPS) is 15.1. The standard InChI is InChI=1S/C11H22F2O2SSi/c1-11(2,3)16-9(14)7-8(10(12)13)15-17(4,5)6/h8,10H,7H2,1-6H3/t8-/m1/s1. The molecule has 0 rings (SSSR count). The maximum absolute atomic E-state index is 12.8. The van der Waals surface area contributed by atoms with E-state index in [1.165, 1.54) is 0 Å². The molecule has 0 aromatic rings. The fraction of sp³-hybridized carbons (Fsp3) is 0.909. The molecule has 0 N–H and O–H groups in total. The lowest BCUT2D eigenvalue weighted by molar-refractivity contribution is -0.114. The van der Waals surface area contributed by atoms with E-state index in [0.29, 0.717) is 0 Å². The summed E-state index contributed by atoms with van der Waals surface area (Å²) in [6.07, 6.45) is -4.08. The molecule has 0 aromatic carbocycles. The third-order valence-electron chi connectivity index (χ3n) is 1.57. The molecule has 102 valence electrons. The first kappa shape index (κ1) is 17.1. The van der Waals surface area contributed by atoms with Gasteiger partial charge in [0, 0.05) is 11.2 Å². The molecule has 0 heterocycles. The Morgan fingerprint density at radius 1 is 1.29 bits per heavy atom. The predicted molar refractivity (Wildman–Crippen MR) is 71.2 cm³/mol. The smallest absolute Gasteiger partial charge is 0.263 e. The molecule has 6 heteroatoms. The minimum Gasteiger partial charge on any atom is -0.408 e. The summed E-state index contributed by atoms with van der Waals surface area (Å²) in [5, 5.41) is -0.235. The monoisotopic (exact) mass is 284 g/mol. The summed E-state index contributed by atoms with van der Waals surface area (Å²) in [4.78, 5) is 11.6. The van der Waals surface area contributed by atoms with E-state index in [1.54, 1.807) is 0 Å². The molecule has 1 atom stereocenters. The van der Waals surface area contributed by atoms with Crippen LogP contribution in [0.1, 0.15) is 27.2 Å². The van der Waals surface area contributed by atoms with Crippen LogP contribution in [-0.2, 0) is 9.22 Å². The van der Waals surface area contributed by atoms with Gasteiger partial charge in [-0.15, -0.1) is 0 Å². The van der Waals surface area contributed by atoms with Crippen LogP contribution in [0.2, 0.25) is 19.6 Å². The second-order valence-corrected chi connectivity index (χ2v) is 12.2. The van der Waals surface area contributed by atoms with Gasteiger partial charge < -0.3 is 4.43 Å². The quantitative estimate of drug-likeness (QED) is 0.716. The number of alkyl halides is 2. The lowest BCUT2D eigenvalue weighted by Crippen LogP contribution is -2.37. The predicted octanol–water partition coefficient (Wildman–Crippen LogP) is 3.92. The molecule has 2 nitrogen and oxygen atoms in total. The van der Waals surface area contributed by atoms with Gasteiger partial charge in [0.1, 0.15) is 6.10 Å². The molecule has 0 unspecified atom stereocenters. The van der Waals surface area contributed by atoms with Crippen molar-refractivity contribution in [1.82, 2.24) is 0 Å². The van der Waals surface area contributed by atoms with Crippen LogP contribution >= 0.6 is 11.8 Å². The highest BCUT2D eigenvalue weighted by molar-refractivity contribution is 8.14. The summed E-state index contributed by atoms with van der Waals surface area (Å²) in [6.45, 7) is 11.2. The van der Waals surface area contributed by atoms with Crippen LogP contribution in [0.25, 0.3) is 0 Å². The van der Waals surface area contributed by atoms with E-state index in [4.69, 9.17) is 4.43 Å². The number of hydrogen-bond acceptors (Lipinski definition) is 3. The number of carbonyl (C=O) groups is 1. The van der Waals surface area contributed by atoms with Gasteiger partial charge in [0.05, 0.1) is 0 Å². The topological polar surface area (TPSA) is 26.3 Å². The Kier molecular flexibility index (Phi) is 6.31. The van der Waals surface area contributed by atoms with Crippen LogP contribution in [0.15, 0.2) is 0 Å². The molecular formula is C11H22F2O2SSi. The van der Waals surface area contributed by atoms with E-state index in [1.807, 2.05) is 40.4 Å². The van der Waals surface area contributed by atoms with Gasteiger partial charge in [0.15, 0.2) is 13.4 Å². The highest BCUT2D eigenvalue weighted by atomic mass is 32.2. The van der Waals surface area contributed by atoms with E-state index in [0.717, 1.165) is 11.8 Å². The van der Waals surface area contributed by atoms with Gasteiger partial charge in [-0.2, -0.15) is 0 Å². The van der Waals surface area contributed by atoms with Gasteiger partial charge in [-0.3, -0.25) is 4.79 Å². The third kappa shape index (κ3) is 9.73. The van der Waals surface area contributed by atoms with Gasteiger partial charge >= 0.3 is 0 Å². The van der Waals surface area contributed by atoms with Crippen molar-refractivity contribution >= 4 is 25.2 Å². The van der Waals surface area contributed by atoms with E-state index >= 15 is 0 Å². The van der Waals surface area contributed by atoms with Crippen LogP contribution in [-0.4, -0.2) is 30.7 Å². The Morgan fingerprint density at radius 2 is 1.76 bits per heavy atom. The van der Waals surface area contributed by atoms with Gasteiger partial charge in [0.25, 0.3) is 6.43 Å². The summed E-state index contributed by atoms with van der Waals surface area (Å²) in [5.41, 5.74) is 0. The van der Waals surface area contributed by atoms with Crippen molar-refractivity contribution in [1.29, 1.82) is 0 Å². The first-order valence-corrected chi connectivity index (χ1v) is 9.81. The van der Waals surface area contributed by atoms with E-state index < -0.39 is 20.8 Å². The van der Waals surface area contributed by atoms with Crippen LogP contribution < -0.4 is 0 Å². The third-order valence-corrected chi connectivity index (χ3v) is 3.59. The Balaban J connectivity index is 4.41. The Morgan fingerprint density at radius 3 is 2.06 bits per heavy atom. The van der Waals surface area contributed by atoms with E-state index in [9.17, 15) is 13.6 Å². The first-order chi connectivity index (χ1) is 7.41. The lowest BCUT2D eigenvalue weighted by atomic mass is 10.3. The fourth-order valence-electron chi connectivity index (χ4n) is 1.18. The first-order valence-electron chi connectivity index (χ1n) is 5.58. The number of rotatable bonds is 5. The van der Waals surface area contributed by atoms with E-state index in [-0.39, 0.29) is 16.3 Å². The Labute approximate surface area is 108 Å². The average Bonchev–Trinajstić information content (AvgIpc) is 1.95. The molecule has 0 aromatic heterocycles. The Bertz CT molecular complexity index is 259. The molecule has 0 bridgehead atoms. The summed E-state index contributed by atoms with van der Waals surface area (Å²) >= 11 is 1.09. The summed E-state index contributed by atoms with van der Waals surface area (Å²) in [5.74, 6) is 0. The van der Waals surface area contributed by atoms with Crippen molar-refractivity contribution in [2.75, 3.05) is 0 Å². The van der Waals surface area contributed by atoms with Crippen molar-refractivity contribution in [2.24, 2.45) is 0 Å². The molecule has 0 radical (unpaired) electrons. The number of hydrogen-bond donors (Lipinski definition) is 0. The minimum absolute atomic E-state index is 0.218. The fourth-order valence-corrected chi connectivity index (χ4v) is 3.21. The zero-order valence-electron chi connectivity index (χ0n) is 11.3. The van der Waals surface area contributed by atoms with E-state index in [2.05, 4.69) is 0 Å². The molecule has 0 spiro atoms. The van der Waals surface area contributed by atoms with Crippen LogP contribution in [0.5, 0.6) is 0 Å². The highest BCUT2D eigenvalue weighted by Crippen LogP contribution is 2.27. The highest BCUT2D eigenvalue weighted by Gasteiger charge is 2.31. The summed E-state index contributed by atoms with van der Waals surface area (Å²) < 4.78 is 30.6. The molecule has 0 aliphatic heterocycles. The van der Waals surface area contributed by atoms with Gasteiger partial charge in [0.2, 0.25) is 0 Å². The van der Waals surface area contributed by atoms with Crippen molar-refractivity contribution < 1.29 is 18.0 Å². The van der Waals surface area contributed by atoms with Crippen molar-refractivity contribution in [2.45, 2.75) is 64.1 Å². The Hall–Kier alpha value is 0.0569. The van der Waals surface area contributed by atoms with Crippen LogP contribution in [0.4, 0.5) is 8.78 Å².